The number of amides is 1. The molecule has 1 amide bonds. The molecule has 0 saturated carbocycles. The molecule has 0 aliphatic rings. The van der Waals surface area contributed by atoms with Crippen molar-refractivity contribution in [2.24, 2.45) is 5.92 Å². The summed E-state index contributed by atoms with van der Waals surface area (Å²) in [5.41, 5.74) is 4.48. The maximum Gasteiger partial charge on any atom is 0.244 e. The number of carbonyl (C=O) groups excluding carboxylic acids is 1. The third-order valence-corrected chi connectivity index (χ3v) is 4.91. The van der Waals surface area contributed by atoms with Crippen molar-refractivity contribution >= 4 is 22.4 Å². The summed E-state index contributed by atoms with van der Waals surface area (Å²) in [5, 5.41) is 3.90. The highest BCUT2D eigenvalue weighted by molar-refractivity contribution is 6.00. The van der Waals surface area contributed by atoms with Crippen LogP contribution in [0.2, 0.25) is 0 Å². The van der Waals surface area contributed by atoms with Crippen LogP contribution in [0.3, 0.4) is 0 Å². The second kappa shape index (κ2) is 10.2. The van der Waals surface area contributed by atoms with Crippen molar-refractivity contribution in [1.29, 1.82) is 0 Å². The smallest absolute Gasteiger partial charge is 0.244 e. The van der Waals surface area contributed by atoms with E-state index in [1.807, 2.05) is 57.2 Å². The van der Waals surface area contributed by atoms with Crippen LogP contribution in [0.15, 0.2) is 53.2 Å². The van der Waals surface area contributed by atoms with Gasteiger partial charge in [0.15, 0.2) is 0 Å². The molecule has 2 aromatic carbocycles. The lowest BCUT2D eigenvalue weighted by Crippen LogP contribution is -2.25. The van der Waals surface area contributed by atoms with Gasteiger partial charge in [-0.05, 0) is 56.0 Å². The van der Waals surface area contributed by atoms with Crippen LogP contribution in [-0.4, -0.2) is 25.7 Å². The van der Waals surface area contributed by atoms with Crippen molar-refractivity contribution in [3.63, 3.8) is 0 Å². The molecule has 164 valence electrons. The molecule has 0 aliphatic heterocycles. The normalized spacial score (nSPS) is 11.7. The van der Waals surface area contributed by atoms with Crippen molar-refractivity contribution in [2.75, 3.05) is 19.8 Å². The van der Waals surface area contributed by atoms with Crippen LogP contribution < -0.4 is 14.8 Å². The fourth-order valence-electron chi connectivity index (χ4n) is 3.39. The summed E-state index contributed by atoms with van der Waals surface area (Å²) in [5.74, 6) is 1.83. The van der Waals surface area contributed by atoms with Gasteiger partial charge in [-0.25, -0.2) is 0 Å². The van der Waals surface area contributed by atoms with Crippen LogP contribution >= 0.6 is 0 Å². The third kappa shape index (κ3) is 5.48. The van der Waals surface area contributed by atoms with E-state index in [1.165, 1.54) is 0 Å². The summed E-state index contributed by atoms with van der Waals surface area (Å²) in [6, 6.07) is 11.9. The molecule has 31 heavy (non-hydrogen) atoms. The Hall–Kier alpha value is -3.21. The second-order valence-electron chi connectivity index (χ2n) is 7.85. The number of nitrogens with one attached hydrogen (secondary N) is 1. The first kappa shape index (κ1) is 22.5. The molecule has 5 nitrogen and oxygen atoms in total. The molecule has 1 aromatic heterocycles. The number of fused-ring (bicyclic) bond motifs is 1. The van der Waals surface area contributed by atoms with Crippen molar-refractivity contribution < 1.29 is 18.7 Å². The summed E-state index contributed by atoms with van der Waals surface area (Å²) in [6.07, 6.45) is 3.39. The molecule has 0 saturated heterocycles. The second-order valence-corrected chi connectivity index (χ2v) is 7.85. The fraction of sp³-hybridized carbons (Fsp3) is 0.346. The number of furan rings is 1. The van der Waals surface area contributed by atoms with Gasteiger partial charge in [0.1, 0.15) is 17.1 Å². The summed E-state index contributed by atoms with van der Waals surface area (Å²) in [4.78, 5) is 12.3. The van der Waals surface area contributed by atoms with E-state index in [0.29, 0.717) is 31.4 Å². The number of carbonyl (C=O) groups is 1. The standard InChI is InChI=1S/C26H31NO4/c1-6-29-20-10-8-19(9-11-20)23-16-31-25-14-24(30-7-2)21(13-22(23)25)18(5)12-26(28)27-15-17(3)4/h8-14,16-17H,6-7,15H2,1-5H3,(H,27,28)/b18-12+. The average molecular weight is 422 g/mol. The predicted octanol–water partition coefficient (Wildman–Crippen LogP) is 6.07. The zero-order valence-electron chi connectivity index (χ0n) is 19.0. The lowest BCUT2D eigenvalue weighted by molar-refractivity contribution is -0.116. The van der Waals surface area contributed by atoms with Gasteiger partial charge >= 0.3 is 0 Å². The fourth-order valence-corrected chi connectivity index (χ4v) is 3.39. The van der Waals surface area contributed by atoms with Crippen LogP contribution in [0.1, 0.15) is 40.2 Å². The van der Waals surface area contributed by atoms with Crippen LogP contribution in [0.4, 0.5) is 0 Å². The van der Waals surface area contributed by atoms with Gasteiger partial charge in [0.25, 0.3) is 0 Å². The van der Waals surface area contributed by atoms with Gasteiger partial charge in [-0.2, -0.15) is 0 Å². The minimum Gasteiger partial charge on any atom is -0.494 e. The van der Waals surface area contributed by atoms with Crippen molar-refractivity contribution in [3.05, 3.63) is 54.3 Å². The van der Waals surface area contributed by atoms with E-state index in [0.717, 1.165) is 39.0 Å². The number of allylic oxidation sites excluding steroid dienone is 1. The molecule has 3 rings (SSSR count). The maximum atomic E-state index is 12.3. The van der Waals surface area contributed by atoms with Gasteiger partial charge in [0.05, 0.1) is 19.5 Å². The zero-order chi connectivity index (χ0) is 22.4. The molecular formula is C26H31NO4. The number of rotatable bonds is 9. The molecule has 0 spiro atoms. The minimum absolute atomic E-state index is 0.104. The van der Waals surface area contributed by atoms with E-state index < -0.39 is 0 Å². The van der Waals surface area contributed by atoms with Gasteiger partial charge in [-0.15, -0.1) is 0 Å². The van der Waals surface area contributed by atoms with E-state index in [9.17, 15) is 4.79 Å². The average Bonchev–Trinajstić information content (AvgIpc) is 3.15. The SMILES string of the molecule is CCOc1ccc(-c2coc3cc(OCC)c(/C(C)=C/C(=O)NCC(C)C)cc23)cc1. The van der Waals surface area contributed by atoms with E-state index in [4.69, 9.17) is 13.9 Å². The highest BCUT2D eigenvalue weighted by Crippen LogP contribution is 2.37. The molecule has 3 aromatic rings. The molecule has 1 N–H and O–H groups in total. The van der Waals surface area contributed by atoms with Gasteiger partial charge in [0.2, 0.25) is 5.91 Å². The third-order valence-electron chi connectivity index (χ3n) is 4.91. The first-order valence-electron chi connectivity index (χ1n) is 10.8. The van der Waals surface area contributed by atoms with Gasteiger partial charge in [-0.1, -0.05) is 26.0 Å². The largest absolute Gasteiger partial charge is 0.494 e. The Morgan fingerprint density at radius 3 is 2.45 bits per heavy atom. The number of ether oxygens (including phenoxy) is 2. The number of hydrogen-bond acceptors (Lipinski definition) is 4. The van der Waals surface area contributed by atoms with Crippen LogP contribution in [0, 0.1) is 5.92 Å². The quantitative estimate of drug-likeness (QED) is 0.426. The Kier molecular flexibility index (Phi) is 7.40. The highest BCUT2D eigenvalue weighted by atomic mass is 16.5. The summed E-state index contributed by atoms with van der Waals surface area (Å²) >= 11 is 0. The van der Waals surface area contributed by atoms with Crippen LogP contribution in [0.25, 0.3) is 27.7 Å². The van der Waals surface area contributed by atoms with Crippen molar-refractivity contribution in [2.45, 2.75) is 34.6 Å². The lowest BCUT2D eigenvalue weighted by atomic mass is 9.99. The van der Waals surface area contributed by atoms with Crippen LogP contribution in [0.5, 0.6) is 11.5 Å². The molecule has 0 atom stereocenters. The Balaban J connectivity index is 2.01. The molecular weight excluding hydrogens is 390 g/mol. The zero-order valence-corrected chi connectivity index (χ0v) is 19.0. The first-order valence-corrected chi connectivity index (χ1v) is 10.8. The van der Waals surface area contributed by atoms with Gasteiger partial charge < -0.3 is 19.2 Å². The monoisotopic (exact) mass is 421 g/mol. The van der Waals surface area contributed by atoms with E-state index in [2.05, 4.69) is 19.2 Å². The summed E-state index contributed by atoms with van der Waals surface area (Å²) < 4.78 is 17.2. The Morgan fingerprint density at radius 1 is 1.10 bits per heavy atom. The number of hydrogen-bond donors (Lipinski definition) is 1. The number of benzene rings is 2. The molecule has 5 heteroatoms. The molecule has 0 radical (unpaired) electrons. The molecule has 0 unspecified atom stereocenters. The van der Waals surface area contributed by atoms with Crippen LogP contribution in [-0.2, 0) is 4.79 Å². The Bertz CT molecular complexity index is 1060. The lowest BCUT2D eigenvalue weighted by Gasteiger charge is -2.12. The Morgan fingerprint density at radius 2 is 1.81 bits per heavy atom. The predicted molar refractivity (Wildman–Crippen MR) is 125 cm³/mol. The maximum absolute atomic E-state index is 12.3. The molecule has 0 fully saturated rings. The molecule has 1 heterocycles. The topological polar surface area (TPSA) is 60.7 Å². The van der Waals surface area contributed by atoms with Gasteiger partial charge in [-0.3, -0.25) is 4.79 Å². The summed E-state index contributed by atoms with van der Waals surface area (Å²) in [6.45, 7) is 11.8. The first-order chi connectivity index (χ1) is 14.9. The van der Waals surface area contributed by atoms with E-state index >= 15 is 0 Å². The van der Waals surface area contributed by atoms with E-state index in [-0.39, 0.29) is 5.91 Å². The molecule has 0 aliphatic carbocycles. The van der Waals surface area contributed by atoms with Gasteiger partial charge in [0, 0.05) is 35.2 Å². The highest BCUT2D eigenvalue weighted by Gasteiger charge is 2.15. The Labute approximate surface area is 184 Å². The minimum atomic E-state index is -0.104. The van der Waals surface area contributed by atoms with E-state index in [1.54, 1.807) is 12.3 Å². The van der Waals surface area contributed by atoms with Crippen molar-refractivity contribution in [1.82, 2.24) is 5.32 Å². The molecule has 0 bridgehead atoms. The van der Waals surface area contributed by atoms with Crippen molar-refractivity contribution in [3.8, 4) is 22.6 Å². The summed E-state index contributed by atoms with van der Waals surface area (Å²) in [7, 11) is 0.